The lowest BCUT2D eigenvalue weighted by Crippen LogP contribution is -1.76. The second-order valence-electron chi connectivity index (χ2n) is 1.71. The highest BCUT2D eigenvalue weighted by atomic mass is 13.9. The van der Waals surface area contributed by atoms with E-state index in [1.807, 2.05) is 12.2 Å². The Kier molecular flexibility index (Phi) is 1.14. The molecule has 0 heterocycles. The van der Waals surface area contributed by atoms with Crippen molar-refractivity contribution in [3.63, 3.8) is 0 Å². The van der Waals surface area contributed by atoms with Crippen LogP contribution >= 0.6 is 0 Å². The third kappa shape index (κ3) is 1.06. The molecule has 0 saturated carbocycles. The molecule has 0 nitrogen and oxygen atoms in total. The first kappa shape index (κ1) is 4.42. The van der Waals surface area contributed by atoms with E-state index >= 15 is 0 Å². The first-order chi connectivity index (χ1) is 3.39. The molecule has 0 spiro atoms. The maximum Gasteiger partial charge on any atom is -0.0177 e. The second kappa shape index (κ2) is 1.81. The summed E-state index contributed by atoms with van der Waals surface area (Å²) in [7, 11) is 0. The molecule has 0 bridgehead atoms. The molecule has 0 saturated heterocycles. The molecule has 1 aliphatic rings. The fourth-order valence-electron chi connectivity index (χ4n) is 0.590. The van der Waals surface area contributed by atoms with Crippen LogP contribution in [0.1, 0.15) is 12.8 Å². The van der Waals surface area contributed by atoms with E-state index in [4.69, 9.17) is 0 Å². The van der Waals surface area contributed by atoms with E-state index in [0.29, 0.717) is 0 Å². The molecule has 0 atom stereocenters. The van der Waals surface area contributed by atoms with Crippen LogP contribution < -0.4 is 0 Å². The van der Waals surface area contributed by atoms with Gasteiger partial charge in [-0.15, -0.1) is 5.73 Å². The molecule has 1 rings (SSSR count). The van der Waals surface area contributed by atoms with Gasteiger partial charge in [0.15, 0.2) is 0 Å². The summed E-state index contributed by atoms with van der Waals surface area (Å²) in [5.74, 6) is 0. The van der Waals surface area contributed by atoms with Crippen molar-refractivity contribution in [1.82, 2.24) is 0 Å². The van der Waals surface area contributed by atoms with Gasteiger partial charge < -0.3 is 0 Å². The van der Waals surface area contributed by atoms with E-state index in [-0.39, 0.29) is 0 Å². The van der Waals surface area contributed by atoms with Gasteiger partial charge in [-0.25, -0.2) is 0 Å². The monoisotopic (exact) mass is 92.1 g/mol. The number of hydrogen-bond donors (Lipinski definition) is 0. The van der Waals surface area contributed by atoms with Crippen molar-refractivity contribution in [3.8, 4) is 0 Å². The smallest absolute Gasteiger partial charge is 0.0177 e. The average molecular weight is 92.1 g/mol. The van der Waals surface area contributed by atoms with Crippen molar-refractivity contribution < 1.29 is 0 Å². The quantitative estimate of drug-likeness (QED) is 0.401. The minimum absolute atomic E-state index is 1.12. The van der Waals surface area contributed by atoms with Crippen molar-refractivity contribution in [2.75, 3.05) is 0 Å². The van der Waals surface area contributed by atoms with E-state index in [1.54, 1.807) is 0 Å². The summed E-state index contributed by atoms with van der Waals surface area (Å²) in [5, 5.41) is 0. The van der Waals surface area contributed by atoms with E-state index in [9.17, 15) is 0 Å². The first-order valence-corrected chi connectivity index (χ1v) is 2.48. The molecule has 0 aromatic rings. The highest BCUT2D eigenvalue weighted by molar-refractivity contribution is 5.17. The normalized spacial score (nSPS) is 18.0. The van der Waals surface area contributed by atoms with Gasteiger partial charge in [0, 0.05) is 0 Å². The Morgan fingerprint density at radius 1 is 1.71 bits per heavy atom. The molecule has 0 radical (unpaired) electrons. The molecular formula is C7H8. The van der Waals surface area contributed by atoms with Gasteiger partial charge in [0.25, 0.3) is 0 Å². The molecule has 0 fully saturated rings. The zero-order valence-electron chi connectivity index (χ0n) is 4.28. The van der Waals surface area contributed by atoms with Crippen LogP contribution in [0, 0.1) is 0 Å². The predicted molar refractivity (Wildman–Crippen MR) is 31.0 cm³/mol. The Labute approximate surface area is 43.9 Å². The van der Waals surface area contributed by atoms with Crippen LogP contribution in [0.3, 0.4) is 0 Å². The molecule has 7 heavy (non-hydrogen) atoms. The molecule has 0 N–H and O–H groups in total. The van der Waals surface area contributed by atoms with Gasteiger partial charge in [0.05, 0.1) is 0 Å². The molecule has 0 aliphatic heterocycles. The third-order valence-electron chi connectivity index (χ3n) is 1.02. The fraction of sp³-hybridized carbons (Fsp3) is 0.286. The highest BCUT2D eigenvalue weighted by Gasteiger charge is 1.88. The third-order valence-corrected chi connectivity index (χ3v) is 1.02. The second-order valence-corrected chi connectivity index (χ2v) is 1.71. The molecule has 0 aromatic heterocycles. The first-order valence-electron chi connectivity index (χ1n) is 2.48. The minimum atomic E-state index is 1.12. The lowest BCUT2D eigenvalue weighted by molar-refractivity contribution is 0.999. The summed E-state index contributed by atoms with van der Waals surface area (Å²) >= 11 is 0. The summed E-state index contributed by atoms with van der Waals surface area (Å²) in [6, 6.07) is 0. The summed E-state index contributed by atoms with van der Waals surface area (Å²) in [5.41, 5.74) is 4.18. The van der Waals surface area contributed by atoms with Gasteiger partial charge >= 0.3 is 0 Å². The van der Waals surface area contributed by atoms with Crippen LogP contribution in [0.5, 0.6) is 0 Å². The molecule has 1 aliphatic carbocycles. The number of rotatable bonds is 0. The van der Waals surface area contributed by atoms with Gasteiger partial charge in [0.1, 0.15) is 0 Å². The van der Waals surface area contributed by atoms with Crippen LogP contribution in [0.4, 0.5) is 0 Å². The zero-order valence-corrected chi connectivity index (χ0v) is 4.28. The molecule has 0 aromatic carbocycles. The Morgan fingerprint density at radius 3 is 2.86 bits per heavy atom. The van der Waals surface area contributed by atoms with Crippen LogP contribution in [-0.2, 0) is 0 Å². The van der Waals surface area contributed by atoms with Gasteiger partial charge in [-0.2, -0.15) is 0 Å². The van der Waals surface area contributed by atoms with Gasteiger partial charge in [-0.05, 0) is 30.6 Å². The lowest BCUT2D eigenvalue weighted by Gasteiger charge is -1.95. The highest BCUT2D eigenvalue weighted by Crippen LogP contribution is 2.07. The molecular weight excluding hydrogens is 84.1 g/mol. The number of allylic oxidation sites excluding steroid dienone is 2. The maximum absolute atomic E-state index is 3.78. The summed E-state index contributed by atoms with van der Waals surface area (Å²) in [6.07, 6.45) is 6.21. The Hall–Kier alpha value is -0.740. The molecule has 36 valence electrons. The van der Waals surface area contributed by atoms with Crippen LogP contribution in [0.25, 0.3) is 0 Å². The van der Waals surface area contributed by atoms with Crippen molar-refractivity contribution >= 4 is 0 Å². The summed E-state index contributed by atoms with van der Waals surface area (Å²) < 4.78 is 0. The summed E-state index contributed by atoms with van der Waals surface area (Å²) in [6.45, 7) is 3.78. The largest absolute Gasteiger partial charge is 0.125 e. The van der Waals surface area contributed by atoms with Crippen LogP contribution in [0.15, 0.2) is 30.0 Å². The van der Waals surface area contributed by atoms with Gasteiger partial charge in [0.2, 0.25) is 0 Å². The topological polar surface area (TPSA) is 0 Å². The van der Waals surface area contributed by atoms with Gasteiger partial charge in [-0.3, -0.25) is 0 Å². The van der Waals surface area contributed by atoms with Crippen molar-refractivity contribution in [2.24, 2.45) is 0 Å². The molecule has 0 heteroatoms. The zero-order chi connectivity index (χ0) is 5.11. The van der Waals surface area contributed by atoms with E-state index in [1.165, 1.54) is 5.57 Å². The fourth-order valence-corrected chi connectivity index (χ4v) is 0.590. The van der Waals surface area contributed by atoms with E-state index < -0.39 is 0 Å². The predicted octanol–water partition coefficient (Wildman–Crippen LogP) is 2.05. The van der Waals surface area contributed by atoms with Crippen LogP contribution in [-0.4, -0.2) is 0 Å². The Bertz CT molecular complexity index is 134. The van der Waals surface area contributed by atoms with Crippen molar-refractivity contribution in [3.05, 3.63) is 30.0 Å². The standard InChI is InChI=1S/C7H8/c1-7-5-3-2-4-6-7/h2,6H,1,3,5H2. The summed E-state index contributed by atoms with van der Waals surface area (Å²) in [4.78, 5) is 0. The lowest BCUT2D eigenvalue weighted by atomic mass is 10.1. The SMILES string of the molecule is C=C1C=C=CCC1. The van der Waals surface area contributed by atoms with Crippen molar-refractivity contribution in [2.45, 2.75) is 12.8 Å². The number of hydrogen-bond acceptors (Lipinski definition) is 0. The molecule has 0 amide bonds. The van der Waals surface area contributed by atoms with Crippen LogP contribution in [0.2, 0.25) is 0 Å². The van der Waals surface area contributed by atoms with E-state index in [2.05, 4.69) is 12.3 Å². The maximum atomic E-state index is 3.78. The van der Waals surface area contributed by atoms with Gasteiger partial charge in [-0.1, -0.05) is 6.58 Å². The Balaban J connectivity index is 2.75. The average Bonchev–Trinajstić information content (AvgIpc) is 1.69. The van der Waals surface area contributed by atoms with Crippen molar-refractivity contribution in [1.29, 1.82) is 0 Å². The Morgan fingerprint density at radius 2 is 2.57 bits per heavy atom. The molecule has 0 unspecified atom stereocenters. The van der Waals surface area contributed by atoms with E-state index in [0.717, 1.165) is 12.8 Å². The minimum Gasteiger partial charge on any atom is -0.125 e.